The number of hydrogen-bond acceptors (Lipinski definition) is 4. The molecule has 2 aliphatic rings. The van der Waals surface area contributed by atoms with Gasteiger partial charge in [-0.1, -0.05) is 48.0 Å². The van der Waals surface area contributed by atoms with Gasteiger partial charge in [0.1, 0.15) is 6.54 Å². The molecule has 0 spiro atoms. The number of benzene rings is 2. The van der Waals surface area contributed by atoms with Crippen LogP contribution in [0.3, 0.4) is 0 Å². The SMILES string of the molecule is N#Cc1cccc(S(=O)(=O)N(CC(=O)O)C2(C3(Cl)C=C(Cl)C=C(c4ccccc4)C3)CCC2)c1. The molecule has 6 nitrogen and oxygen atoms in total. The zero-order chi connectivity index (χ0) is 24.6. The van der Waals surface area contributed by atoms with Gasteiger partial charge in [0.2, 0.25) is 10.0 Å². The molecular formula is C25H22Cl2N2O4S. The molecule has 0 aliphatic heterocycles. The van der Waals surface area contributed by atoms with Crippen LogP contribution in [0.2, 0.25) is 0 Å². The number of alkyl halides is 1. The summed E-state index contributed by atoms with van der Waals surface area (Å²) in [5.74, 6) is -1.30. The molecule has 176 valence electrons. The maximum Gasteiger partial charge on any atom is 0.318 e. The molecule has 1 fully saturated rings. The lowest BCUT2D eigenvalue weighted by Crippen LogP contribution is -2.67. The monoisotopic (exact) mass is 516 g/mol. The largest absolute Gasteiger partial charge is 0.480 e. The van der Waals surface area contributed by atoms with Crippen molar-refractivity contribution < 1.29 is 18.3 Å². The zero-order valence-corrected chi connectivity index (χ0v) is 20.4. The summed E-state index contributed by atoms with van der Waals surface area (Å²) in [6.45, 7) is -0.760. The molecule has 1 unspecified atom stereocenters. The predicted molar refractivity (Wildman–Crippen MR) is 131 cm³/mol. The third kappa shape index (κ3) is 4.27. The summed E-state index contributed by atoms with van der Waals surface area (Å²) in [7, 11) is -4.31. The summed E-state index contributed by atoms with van der Waals surface area (Å²) >= 11 is 13.7. The maximum atomic E-state index is 13.8. The molecule has 1 saturated carbocycles. The Balaban J connectivity index is 1.83. The molecule has 2 aliphatic carbocycles. The van der Waals surface area contributed by atoms with Crippen molar-refractivity contribution in [2.24, 2.45) is 0 Å². The molecule has 4 rings (SSSR count). The minimum atomic E-state index is -4.31. The van der Waals surface area contributed by atoms with Gasteiger partial charge in [0.25, 0.3) is 0 Å². The first-order valence-electron chi connectivity index (χ1n) is 10.7. The van der Waals surface area contributed by atoms with Crippen molar-refractivity contribution in [3.8, 4) is 6.07 Å². The van der Waals surface area contributed by atoms with Gasteiger partial charge in [-0.3, -0.25) is 4.79 Å². The highest BCUT2D eigenvalue weighted by Crippen LogP contribution is 2.56. The van der Waals surface area contributed by atoms with Crippen LogP contribution in [0, 0.1) is 11.3 Å². The average molecular weight is 517 g/mol. The van der Waals surface area contributed by atoms with Crippen LogP contribution in [-0.2, 0) is 14.8 Å². The molecule has 1 atom stereocenters. The number of aliphatic carboxylic acids is 1. The van der Waals surface area contributed by atoms with Crippen LogP contribution in [0.1, 0.15) is 36.8 Å². The van der Waals surface area contributed by atoms with Crippen molar-refractivity contribution in [2.75, 3.05) is 6.54 Å². The Hall–Kier alpha value is -2.63. The molecule has 0 aromatic heterocycles. The summed E-state index contributed by atoms with van der Waals surface area (Å²) in [4.78, 5) is 10.5. The number of allylic oxidation sites excluding steroid dienone is 3. The number of carbonyl (C=O) groups is 1. The highest BCUT2D eigenvalue weighted by molar-refractivity contribution is 7.89. The second kappa shape index (κ2) is 9.20. The van der Waals surface area contributed by atoms with Crippen LogP contribution >= 0.6 is 23.2 Å². The Labute approximate surface area is 208 Å². The highest BCUT2D eigenvalue weighted by atomic mass is 35.5. The Kier molecular flexibility index (Phi) is 6.63. The molecule has 0 bridgehead atoms. The third-order valence-electron chi connectivity index (χ3n) is 6.53. The number of rotatable bonds is 7. The Morgan fingerprint density at radius 2 is 1.85 bits per heavy atom. The van der Waals surface area contributed by atoms with Gasteiger partial charge in [0.05, 0.1) is 26.9 Å². The van der Waals surface area contributed by atoms with E-state index in [1.807, 2.05) is 36.4 Å². The van der Waals surface area contributed by atoms with Crippen molar-refractivity contribution >= 4 is 44.8 Å². The molecule has 2 aromatic carbocycles. The molecule has 9 heteroatoms. The zero-order valence-electron chi connectivity index (χ0n) is 18.1. The lowest BCUT2D eigenvalue weighted by atomic mass is 9.64. The standard InChI is InChI=1S/C25H22Cl2N2O4S/c26-21-13-20(19-7-2-1-3-8-19)14-24(27,15-21)25(10-5-11-25)29(17-23(30)31)34(32,33)22-9-4-6-18(12-22)16-28/h1-4,6-9,12-13,15H,5,10-11,14,17H2,(H,30,31). The Morgan fingerprint density at radius 3 is 2.44 bits per heavy atom. The van der Waals surface area contributed by atoms with Crippen LogP contribution in [0.15, 0.2) is 76.7 Å². The molecule has 0 amide bonds. The normalized spacial score (nSPS) is 21.7. The lowest BCUT2D eigenvalue weighted by molar-refractivity contribution is -0.139. The molecule has 2 aromatic rings. The number of carboxylic acids is 1. The summed E-state index contributed by atoms with van der Waals surface area (Å²) in [5, 5.41) is 19.3. The van der Waals surface area contributed by atoms with Crippen molar-refractivity contribution in [2.45, 2.75) is 41.0 Å². The quantitative estimate of drug-likeness (QED) is 0.513. The fraction of sp³-hybridized carbons (Fsp3) is 0.280. The average Bonchev–Trinajstić information content (AvgIpc) is 2.77. The number of nitriles is 1. The van der Waals surface area contributed by atoms with Crippen molar-refractivity contribution in [1.82, 2.24) is 4.31 Å². The summed E-state index contributed by atoms with van der Waals surface area (Å²) in [6, 6.07) is 17.0. The molecular weight excluding hydrogens is 495 g/mol. The van der Waals surface area contributed by atoms with E-state index in [1.165, 1.54) is 24.3 Å². The van der Waals surface area contributed by atoms with Gasteiger partial charge >= 0.3 is 5.97 Å². The molecule has 0 heterocycles. The van der Waals surface area contributed by atoms with Gasteiger partial charge in [0.15, 0.2) is 0 Å². The second-order valence-electron chi connectivity index (χ2n) is 8.53. The summed E-state index contributed by atoms with van der Waals surface area (Å²) in [6.07, 6.45) is 5.16. The molecule has 34 heavy (non-hydrogen) atoms. The van der Waals surface area contributed by atoms with Gasteiger partial charge in [-0.15, -0.1) is 11.6 Å². The van der Waals surface area contributed by atoms with Crippen LogP contribution in [0.5, 0.6) is 0 Å². The van der Waals surface area contributed by atoms with E-state index in [4.69, 9.17) is 23.2 Å². The van der Waals surface area contributed by atoms with Gasteiger partial charge in [-0.05, 0) is 67.2 Å². The van der Waals surface area contributed by atoms with Crippen LogP contribution in [-0.4, -0.2) is 40.8 Å². The van der Waals surface area contributed by atoms with Crippen LogP contribution in [0.4, 0.5) is 0 Å². The summed E-state index contributed by atoms with van der Waals surface area (Å²) < 4.78 is 28.6. The minimum absolute atomic E-state index is 0.149. The molecule has 0 saturated heterocycles. The molecule has 0 radical (unpaired) electrons. The smallest absolute Gasteiger partial charge is 0.318 e. The molecule has 1 N–H and O–H groups in total. The number of hydrogen-bond donors (Lipinski definition) is 1. The van der Waals surface area contributed by atoms with Crippen LogP contribution < -0.4 is 0 Å². The highest BCUT2D eigenvalue weighted by Gasteiger charge is 2.61. The van der Waals surface area contributed by atoms with Gasteiger partial charge in [-0.25, -0.2) is 8.42 Å². The van der Waals surface area contributed by atoms with E-state index in [9.17, 15) is 23.6 Å². The van der Waals surface area contributed by atoms with Gasteiger partial charge < -0.3 is 5.11 Å². The predicted octanol–water partition coefficient (Wildman–Crippen LogP) is 5.14. The van der Waals surface area contributed by atoms with E-state index in [1.54, 1.807) is 12.2 Å². The fourth-order valence-electron chi connectivity index (χ4n) is 4.77. The van der Waals surface area contributed by atoms with Gasteiger partial charge in [0, 0.05) is 5.03 Å². The fourth-order valence-corrected chi connectivity index (χ4v) is 7.61. The topological polar surface area (TPSA) is 98.5 Å². The van der Waals surface area contributed by atoms with E-state index in [0.717, 1.165) is 15.4 Å². The van der Waals surface area contributed by atoms with E-state index in [0.29, 0.717) is 24.3 Å². The Morgan fingerprint density at radius 1 is 1.15 bits per heavy atom. The van der Waals surface area contributed by atoms with Gasteiger partial charge in [-0.2, -0.15) is 9.57 Å². The third-order valence-corrected chi connectivity index (χ3v) is 9.25. The Bertz CT molecular complexity index is 1330. The van der Waals surface area contributed by atoms with E-state index in [-0.39, 0.29) is 16.9 Å². The van der Waals surface area contributed by atoms with E-state index < -0.39 is 33.0 Å². The number of sulfonamides is 1. The van der Waals surface area contributed by atoms with Crippen molar-refractivity contribution in [1.29, 1.82) is 5.26 Å². The first kappa shape index (κ1) is 24.5. The maximum absolute atomic E-state index is 13.8. The number of carboxylic acid groups (broad SMARTS) is 1. The van der Waals surface area contributed by atoms with Crippen molar-refractivity contribution in [3.05, 3.63) is 82.9 Å². The van der Waals surface area contributed by atoms with E-state index in [2.05, 4.69) is 0 Å². The first-order chi connectivity index (χ1) is 16.1. The lowest BCUT2D eigenvalue weighted by Gasteiger charge is -2.57. The second-order valence-corrected chi connectivity index (χ2v) is 11.5. The van der Waals surface area contributed by atoms with E-state index >= 15 is 0 Å². The first-order valence-corrected chi connectivity index (χ1v) is 12.9. The van der Waals surface area contributed by atoms with Crippen LogP contribution in [0.25, 0.3) is 5.57 Å². The number of halogens is 2. The number of nitrogens with zero attached hydrogens (tertiary/aromatic N) is 2. The van der Waals surface area contributed by atoms with Crippen molar-refractivity contribution in [3.63, 3.8) is 0 Å². The summed E-state index contributed by atoms with van der Waals surface area (Å²) in [5.41, 5.74) is 0.702. The minimum Gasteiger partial charge on any atom is -0.480 e.